The molecule has 1 N–H and O–H groups in total. The Bertz CT molecular complexity index is 375. The van der Waals surface area contributed by atoms with Crippen molar-refractivity contribution in [3.05, 3.63) is 34.4 Å². The van der Waals surface area contributed by atoms with E-state index in [4.69, 9.17) is 0 Å². The molecular weight excluding hydrogens is 204 g/mol. The first-order chi connectivity index (χ1) is 7.77. The van der Waals surface area contributed by atoms with Crippen LogP contribution in [0.4, 0.5) is 11.4 Å². The highest BCUT2D eigenvalue weighted by atomic mass is 16.6. The molecule has 0 aromatic heterocycles. The van der Waals surface area contributed by atoms with Gasteiger partial charge in [0.25, 0.3) is 5.69 Å². The Labute approximate surface area is 94.8 Å². The van der Waals surface area contributed by atoms with Crippen molar-refractivity contribution in [3.63, 3.8) is 0 Å². The lowest BCUT2D eigenvalue weighted by atomic mass is 10.2. The summed E-state index contributed by atoms with van der Waals surface area (Å²) in [6.07, 6.45) is 5.07. The molecule has 0 unspecified atom stereocenters. The molecule has 1 aromatic carbocycles. The Hall–Kier alpha value is -1.58. The quantitative estimate of drug-likeness (QED) is 0.455. The van der Waals surface area contributed by atoms with Crippen molar-refractivity contribution in [2.45, 2.75) is 25.7 Å². The minimum absolute atomic E-state index is 0.161. The van der Waals surface area contributed by atoms with Crippen molar-refractivity contribution in [3.8, 4) is 0 Å². The van der Waals surface area contributed by atoms with Gasteiger partial charge in [-0.15, -0.1) is 0 Å². The Kier molecular flexibility index (Phi) is 3.39. The average molecular weight is 220 g/mol. The van der Waals surface area contributed by atoms with Crippen molar-refractivity contribution in [2.75, 3.05) is 11.9 Å². The molecule has 1 aromatic rings. The predicted molar refractivity (Wildman–Crippen MR) is 63.5 cm³/mol. The number of anilines is 1. The molecule has 2 rings (SSSR count). The minimum atomic E-state index is -0.344. The van der Waals surface area contributed by atoms with Crippen LogP contribution in [-0.4, -0.2) is 11.5 Å². The summed E-state index contributed by atoms with van der Waals surface area (Å²) in [5.74, 6) is 0.924. The van der Waals surface area contributed by atoms with Crippen molar-refractivity contribution in [2.24, 2.45) is 5.92 Å². The summed E-state index contributed by atoms with van der Waals surface area (Å²) in [7, 11) is 0. The summed E-state index contributed by atoms with van der Waals surface area (Å²) in [5.41, 5.74) is 0.789. The van der Waals surface area contributed by atoms with Crippen LogP contribution in [0.1, 0.15) is 25.7 Å². The number of nitrogens with zero attached hydrogens (tertiary/aromatic N) is 1. The van der Waals surface area contributed by atoms with Gasteiger partial charge in [0.1, 0.15) is 5.69 Å². The number of para-hydroxylation sites is 2. The highest BCUT2D eigenvalue weighted by Gasteiger charge is 2.20. The fourth-order valence-corrected chi connectivity index (χ4v) is 1.80. The van der Waals surface area contributed by atoms with E-state index in [-0.39, 0.29) is 10.6 Å². The van der Waals surface area contributed by atoms with Crippen LogP contribution < -0.4 is 5.32 Å². The number of hydrogen-bond donors (Lipinski definition) is 1. The summed E-state index contributed by atoms with van der Waals surface area (Å²) in [6, 6.07) is 6.79. The molecule has 0 bridgehead atoms. The lowest BCUT2D eigenvalue weighted by Crippen LogP contribution is -2.04. The third kappa shape index (κ3) is 2.95. The molecular formula is C12H16N2O2. The summed E-state index contributed by atoms with van der Waals surface area (Å²) >= 11 is 0. The van der Waals surface area contributed by atoms with Crippen LogP contribution in [0, 0.1) is 16.0 Å². The van der Waals surface area contributed by atoms with E-state index in [1.807, 2.05) is 6.07 Å². The van der Waals surface area contributed by atoms with Gasteiger partial charge in [0.2, 0.25) is 0 Å². The van der Waals surface area contributed by atoms with Crippen LogP contribution in [0.15, 0.2) is 24.3 Å². The zero-order valence-corrected chi connectivity index (χ0v) is 9.19. The van der Waals surface area contributed by atoms with Gasteiger partial charge in [-0.3, -0.25) is 10.1 Å². The maximum atomic E-state index is 10.7. The smallest absolute Gasteiger partial charge is 0.292 e. The van der Waals surface area contributed by atoms with E-state index in [9.17, 15) is 10.1 Å². The van der Waals surface area contributed by atoms with Crippen LogP contribution in [0.2, 0.25) is 0 Å². The molecule has 4 heteroatoms. The van der Waals surface area contributed by atoms with Crippen LogP contribution >= 0.6 is 0 Å². The fourth-order valence-electron chi connectivity index (χ4n) is 1.80. The molecule has 1 aliphatic rings. The van der Waals surface area contributed by atoms with Gasteiger partial charge in [0.15, 0.2) is 0 Å². The molecule has 1 aliphatic carbocycles. The largest absolute Gasteiger partial charge is 0.379 e. The van der Waals surface area contributed by atoms with Gasteiger partial charge in [-0.1, -0.05) is 25.0 Å². The van der Waals surface area contributed by atoms with Crippen LogP contribution in [0.3, 0.4) is 0 Å². The predicted octanol–water partition coefficient (Wildman–Crippen LogP) is 3.20. The first-order valence-electron chi connectivity index (χ1n) is 5.74. The second kappa shape index (κ2) is 4.96. The van der Waals surface area contributed by atoms with E-state index < -0.39 is 0 Å². The van der Waals surface area contributed by atoms with E-state index in [1.165, 1.54) is 25.3 Å². The van der Waals surface area contributed by atoms with E-state index >= 15 is 0 Å². The summed E-state index contributed by atoms with van der Waals surface area (Å²) in [4.78, 5) is 10.4. The molecule has 86 valence electrons. The summed E-state index contributed by atoms with van der Waals surface area (Å²) < 4.78 is 0. The molecule has 0 aliphatic heterocycles. The lowest BCUT2D eigenvalue weighted by Gasteiger charge is -2.06. The monoisotopic (exact) mass is 220 g/mol. The molecule has 0 atom stereocenters. The number of hydrogen-bond acceptors (Lipinski definition) is 3. The number of nitro groups is 1. The van der Waals surface area contributed by atoms with E-state index in [0.717, 1.165) is 18.9 Å². The van der Waals surface area contributed by atoms with Gasteiger partial charge >= 0.3 is 0 Å². The van der Waals surface area contributed by atoms with Crippen LogP contribution in [0.5, 0.6) is 0 Å². The summed E-state index contributed by atoms with van der Waals surface area (Å²) in [5, 5.41) is 13.9. The fraction of sp³-hybridized carbons (Fsp3) is 0.500. The van der Waals surface area contributed by atoms with Gasteiger partial charge in [-0.25, -0.2) is 0 Å². The number of nitro benzene ring substituents is 1. The van der Waals surface area contributed by atoms with Gasteiger partial charge in [-0.05, 0) is 24.8 Å². The van der Waals surface area contributed by atoms with Gasteiger partial charge in [-0.2, -0.15) is 0 Å². The summed E-state index contributed by atoms with van der Waals surface area (Å²) in [6.45, 7) is 0.821. The van der Waals surface area contributed by atoms with E-state index in [1.54, 1.807) is 12.1 Å². The Morgan fingerprint density at radius 3 is 2.81 bits per heavy atom. The third-order valence-corrected chi connectivity index (χ3v) is 2.90. The lowest BCUT2D eigenvalue weighted by molar-refractivity contribution is -0.384. The van der Waals surface area contributed by atoms with Crippen LogP contribution in [0.25, 0.3) is 0 Å². The first-order valence-corrected chi connectivity index (χ1v) is 5.74. The normalized spacial score (nSPS) is 14.8. The topological polar surface area (TPSA) is 55.2 Å². The molecule has 1 fully saturated rings. The molecule has 4 nitrogen and oxygen atoms in total. The average Bonchev–Trinajstić information content (AvgIpc) is 3.08. The van der Waals surface area contributed by atoms with Gasteiger partial charge in [0, 0.05) is 12.6 Å². The number of rotatable bonds is 6. The zero-order chi connectivity index (χ0) is 11.4. The maximum Gasteiger partial charge on any atom is 0.292 e. The molecule has 1 saturated carbocycles. The zero-order valence-electron chi connectivity index (χ0n) is 9.19. The Morgan fingerprint density at radius 2 is 2.12 bits per heavy atom. The van der Waals surface area contributed by atoms with E-state index in [2.05, 4.69) is 5.32 Å². The molecule has 0 heterocycles. The van der Waals surface area contributed by atoms with Crippen molar-refractivity contribution < 1.29 is 4.92 Å². The van der Waals surface area contributed by atoms with E-state index in [0.29, 0.717) is 5.69 Å². The standard InChI is InChI=1S/C12H16N2O2/c15-14(16)12-6-2-1-5-11(12)13-9-3-4-10-7-8-10/h1-2,5-6,10,13H,3-4,7-9H2. The Balaban J connectivity index is 1.84. The Morgan fingerprint density at radius 1 is 1.38 bits per heavy atom. The SMILES string of the molecule is O=[N+]([O-])c1ccccc1NCCCC1CC1. The first kappa shape index (κ1) is 10.9. The second-order valence-electron chi connectivity index (χ2n) is 4.29. The van der Waals surface area contributed by atoms with Gasteiger partial charge < -0.3 is 5.32 Å². The minimum Gasteiger partial charge on any atom is -0.379 e. The number of nitrogens with one attached hydrogen (secondary N) is 1. The molecule has 0 spiro atoms. The third-order valence-electron chi connectivity index (χ3n) is 2.90. The maximum absolute atomic E-state index is 10.7. The van der Waals surface area contributed by atoms with Crippen molar-refractivity contribution in [1.29, 1.82) is 0 Å². The molecule has 16 heavy (non-hydrogen) atoms. The van der Waals surface area contributed by atoms with Crippen molar-refractivity contribution >= 4 is 11.4 Å². The highest BCUT2D eigenvalue weighted by Crippen LogP contribution is 2.33. The van der Waals surface area contributed by atoms with Crippen LogP contribution in [-0.2, 0) is 0 Å². The second-order valence-corrected chi connectivity index (χ2v) is 4.29. The molecule has 0 amide bonds. The van der Waals surface area contributed by atoms with Gasteiger partial charge in [0.05, 0.1) is 4.92 Å². The molecule has 0 saturated heterocycles. The van der Waals surface area contributed by atoms with Crippen molar-refractivity contribution in [1.82, 2.24) is 0 Å². The number of benzene rings is 1. The highest BCUT2D eigenvalue weighted by molar-refractivity contribution is 5.60. The molecule has 0 radical (unpaired) electrons.